The fourth-order valence-corrected chi connectivity index (χ4v) is 2.31. The van der Waals surface area contributed by atoms with Gasteiger partial charge in [0.1, 0.15) is 5.82 Å². The van der Waals surface area contributed by atoms with Gasteiger partial charge >= 0.3 is 0 Å². The molecule has 0 heterocycles. The summed E-state index contributed by atoms with van der Waals surface area (Å²) in [6.07, 6.45) is 0.769. The van der Waals surface area contributed by atoms with Gasteiger partial charge in [0.25, 0.3) is 0 Å². The topological polar surface area (TPSA) is 15.3 Å². The molecule has 1 N–H and O–H groups in total. The smallest absolute Gasteiger partial charge is 0.123 e. The molecule has 0 spiro atoms. The van der Waals surface area contributed by atoms with Crippen LogP contribution in [0.2, 0.25) is 0 Å². The number of anilines is 1. The molecule has 0 bridgehead atoms. The van der Waals surface area contributed by atoms with Crippen LogP contribution in [0.1, 0.15) is 17.2 Å². The van der Waals surface area contributed by atoms with E-state index in [0.29, 0.717) is 0 Å². The number of likely N-dealkylation sites (N-methyl/N-ethyl adjacent to an activating group) is 1. The number of nitrogens with one attached hydrogen (secondary N) is 1. The van der Waals surface area contributed by atoms with Gasteiger partial charge in [-0.25, -0.2) is 4.39 Å². The normalized spacial score (nSPS) is 12.2. The zero-order valence-corrected chi connectivity index (χ0v) is 12.2. The second-order valence-corrected chi connectivity index (χ2v) is 5.16. The van der Waals surface area contributed by atoms with Gasteiger partial charge in [-0.05, 0) is 48.9 Å². The van der Waals surface area contributed by atoms with Gasteiger partial charge in [0, 0.05) is 25.8 Å². The van der Waals surface area contributed by atoms with Gasteiger partial charge in [-0.15, -0.1) is 0 Å². The molecule has 2 nitrogen and oxygen atoms in total. The lowest BCUT2D eigenvalue weighted by Crippen LogP contribution is -2.19. The van der Waals surface area contributed by atoms with Crippen LogP contribution >= 0.6 is 0 Å². The maximum Gasteiger partial charge on any atom is 0.123 e. The summed E-state index contributed by atoms with van der Waals surface area (Å²) in [5, 5.41) is 3.31. The molecule has 1 atom stereocenters. The highest BCUT2D eigenvalue weighted by Gasteiger charge is 2.11. The van der Waals surface area contributed by atoms with E-state index >= 15 is 0 Å². The lowest BCUT2D eigenvalue weighted by atomic mass is 9.98. The molecule has 0 fully saturated rings. The Morgan fingerprint density at radius 1 is 1.10 bits per heavy atom. The van der Waals surface area contributed by atoms with Crippen LogP contribution in [0.25, 0.3) is 0 Å². The van der Waals surface area contributed by atoms with Gasteiger partial charge in [0.2, 0.25) is 0 Å². The van der Waals surface area contributed by atoms with E-state index < -0.39 is 0 Å². The standard InChI is InChI=1S/C17H21FN2/c1-19-17(11-13-6-4-8-15(18)10-13)14-7-5-9-16(12-14)20(2)3/h4-10,12,17,19H,11H2,1-3H3. The zero-order chi connectivity index (χ0) is 14.5. The zero-order valence-electron chi connectivity index (χ0n) is 12.2. The van der Waals surface area contributed by atoms with Gasteiger partial charge < -0.3 is 10.2 Å². The van der Waals surface area contributed by atoms with Crippen molar-refractivity contribution in [3.05, 3.63) is 65.5 Å². The van der Waals surface area contributed by atoms with E-state index in [2.05, 4.69) is 34.5 Å². The van der Waals surface area contributed by atoms with Crippen molar-refractivity contribution in [2.24, 2.45) is 0 Å². The third-order valence-electron chi connectivity index (χ3n) is 3.47. The number of nitrogens with zero attached hydrogens (tertiary/aromatic N) is 1. The van der Waals surface area contributed by atoms with E-state index in [1.807, 2.05) is 27.2 Å². The Morgan fingerprint density at radius 2 is 1.85 bits per heavy atom. The molecular weight excluding hydrogens is 251 g/mol. The Bertz CT molecular complexity index is 566. The summed E-state index contributed by atoms with van der Waals surface area (Å²) in [4.78, 5) is 2.08. The number of rotatable bonds is 5. The van der Waals surface area contributed by atoms with Crippen LogP contribution in [-0.2, 0) is 6.42 Å². The average Bonchev–Trinajstić information content (AvgIpc) is 2.45. The predicted molar refractivity (Wildman–Crippen MR) is 82.7 cm³/mol. The van der Waals surface area contributed by atoms with Crippen LogP contribution in [0.15, 0.2) is 48.5 Å². The molecule has 0 saturated heterocycles. The SMILES string of the molecule is CNC(Cc1cccc(F)c1)c1cccc(N(C)C)c1. The third kappa shape index (κ3) is 3.58. The summed E-state index contributed by atoms with van der Waals surface area (Å²) >= 11 is 0. The number of hydrogen-bond donors (Lipinski definition) is 1. The molecule has 0 aliphatic heterocycles. The first-order chi connectivity index (χ1) is 9.60. The summed E-state index contributed by atoms with van der Waals surface area (Å²) < 4.78 is 13.3. The van der Waals surface area contributed by atoms with Gasteiger partial charge in [-0.2, -0.15) is 0 Å². The van der Waals surface area contributed by atoms with Crippen molar-refractivity contribution in [2.75, 3.05) is 26.0 Å². The van der Waals surface area contributed by atoms with E-state index in [-0.39, 0.29) is 11.9 Å². The van der Waals surface area contributed by atoms with Crippen molar-refractivity contribution in [1.29, 1.82) is 0 Å². The van der Waals surface area contributed by atoms with Crippen molar-refractivity contribution in [2.45, 2.75) is 12.5 Å². The molecule has 0 aliphatic carbocycles. The molecular formula is C17H21FN2. The van der Waals surface area contributed by atoms with E-state index in [1.165, 1.54) is 17.3 Å². The molecule has 0 saturated carbocycles. The van der Waals surface area contributed by atoms with Gasteiger partial charge in [0.15, 0.2) is 0 Å². The van der Waals surface area contributed by atoms with Crippen molar-refractivity contribution in [3.63, 3.8) is 0 Å². The Kier molecular flexibility index (Phi) is 4.74. The van der Waals surface area contributed by atoms with Crippen LogP contribution < -0.4 is 10.2 Å². The Morgan fingerprint density at radius 3 is 2.50 bits per heavy atom. The van der Waals surface area contributed by atoms with Crippen molar-refractivity contribution in [3.8, 4) is 0 Å². The largest absolute Gasteiger partial charge is 0.378 e. The maximum absolute atomic E-state index is 13.3. The van der Waals surface area contributed by atoms with E-state index in [4.69, 9.17) is 0 Å². The molecule has 0 aromatic heterocycles. The minimum absolute atomic E-state index is 0.177. The second-order valence-electron chi connectivity index (χ2n) is 5.16. The van der Waals surface area contributed by atoms with Crippen molar-refractivity contribution in [1.82, 2.24) is 5.32 Å². The van der Waals surface area contributed by atoms with Crippen LogP contribution in [0, 0.1) is 5.82 Å². The van der Waals surface area contributed by atoms with E-state index in [1.54, 1.807) is 12.1 Å². The Labute approximate surface area is 120 Å². The average molecular weight is 272 g/mol. The lowest BCUT2D eigenvalue weighted by molar-refractivity contribution is 0.584. The number of benzene rings is 2. The summed E-state index contributed by atoms with van der Waals surface area (Å²) in [5.74, 6) is -0.181. The van der Waals surface area contributed by atoms with Gasteiger partial charge in [0.05, 0.1) is 0 Å². The summed E-state index contributed by atoms with van der Waals surface area (Å²) in [5.41, 5.74) is 3.38. The molecule has 1 unspecified atom stereocenters. The van der Waals surface area contributed by atoms with E-state index in [0.717, 1.165) is 12.0 Å². The molecule has 2 rings (SSSR count). The van der Waals surface area contributed by atoms with Crippen molar-refractivity contribution >= 4 is 5.69 Å². The molecule has 20 heavy (non-hydrogen) atoms. The first-order valence-electron chi connectivity index (χ1n) is 6.79. The molecule has 106 valence electrons. The lowest BCUT2D eigenvalue weighted by Gasteiger charge is -2.20. The molecule has 3 heteroatoms. The minimum atomic E-state index is -0.181. The molecule has 0 amide bonds. The number of hydrogen-bond acceptors (Lipinski definition) is 2. The first-order valence-corrected chi connectivity index (χ1v) is 6.79. The van der Waals surface area contributed by atoms with Crippen LogP contribution in [0.5, 0.6) is 0 Å². The minimum Gasteiger partial charge on any atom is -0.378 e. The highest BCUT2D eigenvalue weighted by atomic mass is 19.1. The van der Waals surface area contributed by atoms with Gasteiger partial charge in [-0.3, -0.25) is 0 Å². The van der Waals surface area contributed by atoms with Crippen molar-refractivity contribution < 1.29 is 4.39 Å². The number of halogens is 1. The third-order valence-corrected chi connectivity index (χ3v) is 3.47. The van der Waals surface area contributed by atoms with E-state index in [9.17, 15) is 4.39 Å². The molecule has 2 aromatic rings. The van der Waals surface area contributed by atoms with Crippen LogP contribution in [0.4, 0.5) is 10.1 Å². The first kappa shape index (κ1) is 14.5. The maximum atomic E-state index is 13.3. The summed E-state index contributed by atoms with van der Waals surface area (Å²) in [6.45, 7) is 0. The Hall–Kier alpha value is -1.87. The summed E-state index contributed by atoms with van der Waals surface area (Å²) in [7, 11) is 5.99. The second kappa shape index (κ2) is 6.53. The molecule has 0 radical (unpaired) electrons. The Balaban J connectivity index is 2.22. The van der Waals surface area contributed by atoms with Gasteiger partial charge in [-0.1, -0.05) is 24.3 Å². The van der Waals surface area contributed by atoms with Crippen LogP contribution in [0.3, 0.4) is 0 Å². The molecule has 0 aliphatic rings. The van der Waals surface area contributed by atoms with Crippen LogP contribution in [-0.4, -0.2) is 21.1 Å². The highest BCUT2D eigenvalue weighted by Crippen LogP contribution is 2.22. The highest BCUT2D eigenvalue weighted by molar-refractivity contribution is 5.48. The predicted octanol–water partition coefficient (Wildman–Crippen LogP) is 3.39. The molecule has 2 aromatic carbocycles. The monoisotopic (exact) mass is 272 g/mol. The quantitative estimate of drug-likeness (QED) is 0.897. The summed E-state index contributed by atoms with van der Waals surface area (Å²) in [6, 6.07) is 15.4. The fraction of sp³-hybridized carbons (Fsp3) is 0.294. The fourth-order valence-electron chi connectivity index (χ4n) is 2.31.